The maximum absolute atomic E-state index is 12.3. The highest BCUT2D eigenvalue weighted by Gasteiger charge is 2.29. The Labute approximate surface area is 184 Å². The van der Waals surface area contributed by atoms with Gasteiger partial charge >= 0.3 is 5.97 Å². The smallest absolute Gasteiger partial charge is 0.327 e. The van der Waals surface area contributed by atoms with Crippen molar-refractivity contribution >= 4 is 48.2 Å². The molecule has 0 radical (unpaired) electrons. The number of primary amides is 1. The summed E-state index contributed by atoms with van der Waals surface area (Å²) in [6.07, 6.45) is 0.106. The molecular formula is C16H30N8O6S. The number of carboxylic acid groups (broad SMARTS) is 1. The number of thiol groups is 1. The third-order valence-electron chi connectivity index (χ3n) is 3.89. The van der Waals surface area contributed by atoms with Crippen molar-refractivity contribution in [1.82, 2.24) is 16.0 Å². The van der Waals surface area contributed by atoms with Gasteiger partial charge in [0.2, 0.25) is 23.6 Å². The molecule has 31 heavy (non-hydrogen) atoms. The molecule has 0 saturated carbocycles. The first-order valence-corrected chi connectivity index (χ1v) is 9.86. The largest absolute Gasteiger partial charge is 0.480 e. The first kappa shape index (κ1) is 27.9. The number of guanidine groups is 1. The molecule has 0 heterocycles. The van der Waals surface area contributed by atoms with Crippen LogP contribution in [0.15, 0.2) is 4.99 Å². The topological polar surface area (TPSA) is 258 Å². The van der Waals surface area contributed by atoms with E-state index >= 15 is 0 Å². The van der Waals surface area contributed by atoms with Gasteiger partial charge in [-0.05, 0) is 19.8 Å². The van der Waals surface area contributed by atoms with Crippen LogP contribution in [0.2, 0.25) is 0 Å². The summed E-state index contributed by atoms with van der Waals surface area (Å²) in [6.45, 7) is 1.62. The van der Waals surface area contributed by atoms with Crippen LogP contribution in [0.4, 0.5) is 0 Å². The number of carbonyl (C=O) groups is 5. The molecule has 0 aliphatic heterocycles. The fourth-order valence-electron chi connectivity index (χ4n) is 2.20. The van der Waals surface area contributed by atoms with Crippen molar-refractivity contribution in [3.05, 3.63) is 0 Å². The van der Waals surface area contributed by atoms with Crippen LogP contribution in [-0.4, -0.2) is 77.1 Å². The molecule has 0 aliphatic rings. The van der Waals surface area contributed by atoms with Crippen molar-refractivity contribution < 1.29 is 29.1 Å². The molecule has 15 heteroatoms. The van der Waals surface area contributed by atoms with E-state index in [-0.39, 0.29) is 24.7 Å². The van der Waals surface area contributed by atoms with Gasteiger partial charge < -0.3 is 44.0 Å². The molecule has 12 N–H and O–H groups in total. The fraction of sp³-hybridized carbons (Fsp3) is 0.625. The predicted octanol–water partition coefficient (Wildman–Crippen LogP) is -4.27. The number of nitrogens with two attached hydrogens (primary N) is 4. The van der Waals surface area contributed by atoms with Crippen molar-refractivity contribution in [1.29, 1.82) is 0 Å². The minimum absolute atomic E-state index is 0.0816. The molecule has 4 amide bonds. The summed E-state index contributed by atoms with van der Waals surface area (Å²) >= 11 is 3.81. The van der Waals surface area contributed by atoms with Crippen LogP contribution in [0, 0.1) is 0 Å². The molecule has 176 valence electrons. The van der Waals surface area contributed by atoms with Crippen LogP contribution in [0.25, 0.3) is 0 Å². The minimum Gasteiger partial charge on any atom is -0.480 e. The molecule has 4 atom stereocenters. The number of nitrogens with one attached hydrogen (secondary N) is 3. The normalized spacial score (nSPS) is 14.3. The number of nitrogens with zero attached hydrogens (tertiary/aromatic N) is 1. The lowest BCUT2D eigenvalue weighted by Gasteiger charge is -2.22. The zero-order chi connectivity index (χ0) is 24.1. The first-order chi connectivity index (χ1) is 14.4. The highest BCUT2D eigenvalue weighted by molar-refractivity contribution is 7.80. The Balaban J connectivity index is 4.88. The van der Waals surface area contributed by atoms with Crippen molar-refractivity contribution in [3.63, 3.8) is 0 Å². The van der Waals surface area contributed by atoms with Gasteiger partial charge in [-0.25, -0.2) is 4.79 Å². The number of hydrogen-bond donors (Lipinski definition) is 9. The fourth-order valence-corrected chi connectivity index (χ4v) is 2.45. The molecule has 4 unspecified atom stereocenters. The van der Waals surface area contributed by atoms with E-state index in [1.807, 2.05) is 0 Å². The molecule has 0 aromatic heterocycles. The van der Waals surface area contributed by atoms with Crippen LogP contribution >= 0.6 is 12.6 Å². The summed E-state index contributed by atoms with van der Waals surface area (Å²) in [5.74, 6) is -4.92. The molecule has 14 nitrogen and oxygen atoms in total. The highest BCUT2D eigenvalue weighted by Crippen LogP contribution is 1.99. The molecule has 0 spiro atoms. The van der Waals surface area contributed by atoms with Gasteiger partial charge in [-0.15, -0.1) is 0 Å². The average molecular weight is 463 g/mol. The standard InChI is InChI=1S/C16H30N8O6S/c1-7(22-13(27)8(17)3-2-4-21-16(19)20)12(26)23-9(5-11(18)25)14(28)24-10(6-31)15(29)30/h7-10,31H,2-6,17H2,1H3,(H2,18,25)(H,22,27)(H,23,26)(H,24,28)(H,29,30)(H4,19,20,21). The Hall–Kier alpha value is -3.07. The second-order valence-electron chi connectivity index (χ2n) is 6.60. The summed E-state index contributed by atoms with van der Waals surface area (Å²) in [4.78, 5) is 62.8. The lowest BCUT2D eigenvalue weighted by atomic mass is 10.1. The van der Waals surface area contributed by atoms with Gasteiger partial charge in [0.05, 0.1) is 12.5 Å². The third kappa shape index (κ3) is 11.6. The van der Waals surface area contributed by atoms with Gasteiger partial charge in [0.15, 0.2) is 5.96 Å². The Bertz CT molecular complexity index is 700. The number of rotatable bonds is 14. The first-order valence-electron chi connectivity index (χ1n) is 9.23. The van der Waals surface area contributed by atoms with Crippen LogP contribution < -0.4 is 38.9 Å². The molecule has 0 aromatic rings. The van der Waals surface area contributed by atoms with E-state index in [2.05, 4.69) is 33.6 Å². The van der Waals surface area contributed by atoms with Gasteiger partial charge in [0.25, 0.3) is 0 Å². The van der Waals surface area contributed by atoms with Crippen LogP contribution in [0.3, 0.4) is 0 Å². The Kier molecular flexibility index (Phi) is 12.6. The molecule has 0 bridgehead atoms. The molecular weight excluding hydrogens is 432 g/mol. The van der Waals surface area contributed by atoms with E-state index in [4.69, 9.17) is 28.0 Å². The highest BCUT2D eigenvalue weighted by atomic mass is 32.1. The summed E-state index contributed by atoms with van der Waals surface area (Å²) < 4.78 is 0. The van der Waals surface area contributed by atoms with Crippen molar-refractivity contribution in [2.45, 2.75) is 50.4 Å². The number of aliphatic imine (C=N–C) groups is 1. The van der Waals surface area contributed by atoms with Crippen molar-refractivity contribution in [2.75, 3.05) is 12.3 Å². The van der Waals surface area contributed by atoms with E-state index in [0.717, 1.165) is 0 Å². The number of amides is 4. The van der Waals surface area contributed by atoms with E-state index in [1.54, 1.807) is 0 Å². The lowest BCUT2D eigenvalue weighted by Crippen LogP contribution is -2.57. The summed E-state index contributed by atoms with van der Waals surface area (Å²) in [5.41, 5.74) is 21.2. The minimum atomic E-state index is -1.45. The Morgan fingerprint density at radius 1 is 0.968 bits per heavy atom. The zero-order valence-electron chi connectivity index (χ0n) is 17.0. The molecule has 0 rings (SSSR count). The van der Waals surface area contributed by atoms with Gasteiger partial charge in [-0.2, -0.15) is 12.6 Å². The number of aliphatic carboxylic acids is 1. The Morgan fingerprint density at radius 2 is 1.55 bits per heavy atom. The molecule has 0 saturated heterocycles. The predicted molar refractivity (Wildman–Crippen MR) is 115 cm³/mol. The number of carboxylic acids is 1. The third-order valence-corrected chi connectivity index (χ3v) is 4.26. The number of hydrogen-bond acceptors (Lipinski definition) is 8. The zero-order valence-corrected chi connectivity index (χ0v) is 17.9. The molecule has 0 aromatic carbocycles. The van der Waals surface area contributed by atoms with Gasteiger partial charge in [0.1, 0.15) is 18.1 Å². The van der Waals surface area contributed by atoms with E-state index in [0.29, 0.717) is 6.42 Å². The van der Waals surface area contributed by atoms with Crippen LogP contribution in [-0.2, 0) is 24.0 Å². The van der Waals surface area contributed by atoms with Crippen molar-refractivity contribution in [3.8, 4) is 0 Å². The maximum atomic E-state index is 12.3. The van der Waals surface area contributed by atoms with Crippen molar-refractivity contribution in [2.24, 2.45) is 27.9 Å². The second-order valence-corrected chi connectivity index (χ2v) is 6.96. The van der Waals surface area contributed by atoms with Crippen LogP contribution in [0.1, 0.15) is 26.2 Å². The SMILES string of the molecule is CC(NC(=O)C(N)CCCN=C(N)N)C(=O)NC(CC(N)=O)C(=O)NC(CS)C(=O)O. The average Bonchev–Trinajstić information content (AvgIpc) is 2.67. The molecule has 0 aliphatic carbocycles. The van der Waals surface area contributed by atoms with Gasteiger partial charge in [-0.3, -0.25) is 24.2 Å². The summed E-state index contributed by atoms with van der Waals surface area (Å²) in [7, 11) is 0. The number of carbonyl (C=O) groups excluding carboxylic acids is 4. The second kappa shape index (κ2) is 14.0. The van der Waals surface area contributed by atoms with Gasteiger partial charge in [-0.1, -0.05) is 0 Å². The summed E-state index contributed by atoms with van der Waals surface area (Å²) in [6, 6.07) is -4.82. The van der Waals surface area contributed by atoms with E-state index in [1.165, 1.54) is 6.92 Å². The quantitative estimate of drug-likeness (QED) is 0.0523. The monoisotopic (exact) mass is 462 g/mol. The van der Waals surface area contributed by atoms with Crippen LogP contribution in [0.5, 0.6) is 0 Å². The summed E-state index contributed by atoms with van der Waals surface area (Å²) in [5, 5.41) is 15.8. The van der Waals surface area contributed by atoms with E-state index < -0.39 is 60.2 Å². The van der Waals surface area contributed by atoms with Gasteiger partial charge in [0, 0.05) is 12.3 Å². The lowest BCUT2D eigenvalue weighted by molar-refractivity contribution is -0.141. The Morgan fingerprint density at radius 3 is 2.03 bits per heavy atom. The van der Waals surface area contributed by atoms with E-state index in [9.17, 15) is 24.0 Å². The molecule has 0 fully saturated rings. The maximum Gasteiger partial charge on any atom is 0.327 e.